The summed E-state index contributed by atoms with van der Waals surface area (Å²) in [6.45, 7) is 4.57. The Bertz CT molecular complexity index is 943. The molecule has 3 aromatic rings. The molecule has 0 saturated carbocycles. The van der Waals surface area contributed by atoms with Gasteiger partial charge in [0.1, 0.15) is 11.5 Å². The number of hydrogen-bond acceptors (Lipinski definition) is 4. The van der Waals surface area contributed by atoms with Crippen molar-refractivity contribution in [3.8, 4) is 0 Å². The fraction of sp³-hybridized carbons (Fsp3) is 0.182. The summed E-state index contributed by atoms with van der Waals surface area (Å²) in [5.41, 5.74) is 0.383. The van der Waals surface area contributed by atoms with E-state index in [-0.39, 0.29) is 22.9 Å². The van der Waals surface area contributed by atoms with Gasteiger partial charge in [0.2, 0.25) is 0 Å². The molecule has 5 nitrogen and oxygen atoms in total. The van der Waals surface area contributed by atoms with Gasteiger partial charge < -0.3 is 15.1 Å². The highest BCUT2D eigenvalue weighted by Crippen LogP contribution is 2.26. The van der Waals surface area contributed by atoms with E-state index in [9.17, 15) is 9.59 Å². The van der Waals surface area contributed by atoms with Gasteiger partial charge in [0.15, 0.2) is 0 Å². The minimum atomic E-state index is -0.370. The summed E-state index contributed by atoms with van der Waals surface area (Å²) in [5.74, 6) is -0.243. The lowest BCUT2D eigenvalue weighted by molar-refractivity contribution is -0.117. The third-order valence-corrected chi connectivity index (χ3v) is 5.47. The molecule has 1 aromatic carbocycles. The number of furan rings is 1. The third-order valence-electron chi connectivity index (χ3n) is 4.24. The largest absolute Gasteiger partial charge is 0.465 e. The third kappa shape index (κ3) is 4.98. The lowest BCUT2D eigenvalue weighted by atomic mass is 9.91. The van der Waals surface area contributed by atoms with Crippen molar-refractivity contribution in [3.05, 3.63) is 88.1 Å². The van der Waals surface area contributed by atoms with Gasteiger partial charge in [0.25, 0.3) is 11.8 Å². The molecule has 2 aromatic heterocycles. The second-order valence-corrected chi connectivity index (χ2v) is 7.89. The molecule has 2 amide bonds. The molecule has 0 bridgehead atoms. The fourth-order valence-electron chi connectivity index (χ4n) is 2.61. The first kappa shape index (κ1) is 19.6. The van der Waals surface area contributed by atoms with Crippen LogP contribution in [0.15, 0.2) is 76.4 Å². The van der Waals surface area contributed by atoms with Crippen LogP contribution in [0.2, 0.25) is 0 Å². The minimum Gasteiger partial charge on any atom is -0.465 e. The van der Waals surface area contributed by atoms with Crippen molar-refractivity contribution in [2.45, 2.75) is 19.3 Å². The molecule has 144 valence electrons. The van der Waals surface area contributed by atoms with Crippen LogP contribution in [0.3, 0.4) is 0 Å². The van der Waals surface area contributed by atoms with E-state index in [2.05, 4.69) is 24.5 Å². The zero-order chi connectivity index (χ0) is 20.0. The van der Waals surface area contributed by atoms with Crippen molar-refractivity contribution in [1.82, 2.24) is 10.6 Å². The zero-order valence-corrected chi connectivity index (χ0v) is 16.6. The molecule has 0 saturated heterocycles. The summed E-state index contributed by atoms with van der Waals surface area (Å²) < 4.78 is 5.30. The SMILES string of the molecule is CC(C)(CNC(=O)/C(=C/c1ccco1)NC(=O)c1ccccc1)c1cccs1. The first-order valence-corrected chi connectivity index (χ1v) is 9.77. The molecule has 0 spiro atoms. The number of rotatable bonds is 7. The zero-order valence-electron chi connectivity index (χ0n) is 15.8. The molecular formula is C22H22N2O3S. The van der Waals surface area contributed by atoms with Crippen LogP contribution in [0.4, 0.5) is 0 Å². The quantitative estimate of drug-likeness (QED) is 0.590. The first-order valence-electron chi connectivity index (χ1n) is 8.89. The van der Waals surface area contributed by atoms with Gasteiger partial charge in [0.05, 0.1) is 6.26 Å². The van der Waals surface area contributed by atoms with Crippen LogP contribution in [0.5, 0.6) is 0 Å². The van der Waals surface area contributed by atoms with Crippen molar-refractivity contribution < 1.29 is 14.0 Å². The molecule has 2 heterocycles. The normalized spacial score (nSPS) is 11.9. The van der Waals surface area contributed by atoms with Crippen LogP contribution >= 0.6 is 11.3 Å². The number of carbonyl (C=O) groups is 2. The molecule has 0 aliphatic carbocycles. The molecule has 28 heavy (non-hydrogen) atoms. The van der Waals surface area contributed by atoms with Crippen molar-refractivity contribution in [2.24, 2.45) is 0 Å². The summed E-state index contributed by atoms with van der Waals surface area (Å²) >= 11 is 1.65. The highest BCUT2D eigenvalue weighted by atomic mass is 32.1. The van der Waals surface area contributed by atoms with E-state index >= 15 is 0 Å². The smallest absolute Gasteiger partial charge is 0.267 e. The molecule has 0 fully saturated rings. The summed E-state index contributed by atoms with van der Waals surface area (Å²) in [4.78, 5) is 26.5. The molecule has 6 heteroatoms. The van der Waals surface area contributed by atoms with Gasteiger partial charge >= 0.3 is 0 Å². The number of amides is 2. The predicted octanol–water partition coefficient (Wildman–Crippen LogP) is 4.21. The molecule has 0 aliphatic heterocycles. The Hall–Kier alpha value is -3.12. The maximum atomic E-state index is 12.8. The van der Waals surface area contributed by atoms with Crippen molar-refractivity contribution >= 4 is 29.2 Å². The van der Waals surface area contributed by atoms with E-state index in [1.165, 1.54) is 17.2 Å². The van der Waals surface area contributed by atoms with Crippen LogP contribution in [0, 0.1) is 0 Å². The number of carbonyl (C=O) groups excluding carboxylic acids is 2. The molecule has 0 atom stereocenters. The van der Waals surface area contributed by atoms with Gasteiger partial charge in [-0.15, -0.1) is 11.3 Å². The molecular weight excluding hydrogens is 372 g/mol. The number of benzene rings is 1. The Labute approximate surface area is 168 Å². The Morgan fingerprint density at radius 1 is 1.07 bits per heavy atom. The minimum absolute atomic E-state index is 0.130. The van der Waals surface area contributed by atoms with Gasteiger partial charge in [0, 0.05) is 28.5 Å². The monoisotopic (exact) mass is 394 g/mol. The molecule has 2 N–H and O–H groups in total. The molecule has 0 radical (unpaired) electrons. The average molecular weight is 394 g/mol. The summed E-state index contributed by atoms with van der Waals surface area (Å²) in [6, 6.07) is 16.2. The standard InChI is InChI=1S/C22H22N2O3S/c1-22(2,19-11-7-13-28-19)15-23-21(26)18(14-17-10-6-12-27-17)24-20(25)16-8-4-3-5-9-16/h3-14H,15H2,1-2H3,(H,23,26)(H,24,25)/b18-14-. The lowest BCUT2D eigenvalue weighted by Gasteiger charge is -2.24. The van der Waals surface area contributed by atoms with Crippen LogP contribution in [0.25, 0.3) is 6.08 Å². The summed E-state index contributed by atoms with van der Waals surface area (Å²) in [7, 11) is 0. The lowest BCUT2D eigenvalue weighted by Crippen LogP contribution is -2.40. The summed E-state index contributed by atoms with van der Waals surface area (Å²) in [6.07, 6.45) is 3.04. The van der Waals surface area contributed by atoms with E-state index in [1.54, 1.807) is 47.7 Å². The average Bonchev–Trinajstić information content (AvgIpc) is 3.40. The second kappa shape index (κ2) is 8.71. The second-order valence-electron chi connectivity index (χ2n) is 6.94. The predicted molar refractivity (Wildman–Crippen MR) is 111 cm³/mol. The van der Waals surface area contributed by atoms with Crippen LogP contribution in [-0.4, -0.2) is 18.4 Å². The van der Waals surface area contributed by atoms with E-state index in [0.717, 1.165) is 0 Å². The van der Waals surface area contributed by atoms with Crippen LogP contribution in [-0.2, 0) is 10.2 Å². The van der Waals surface area contributed by atoms with Crippen LogP contribution < -0.4 is 10.6 Å². The van der Waals surface area contributed by atoms with E-state index < -0.39 is 0 Å². The van der Waals surface area contributed by atoms with Gasteiger partial charge in [-0.1, -0.05) is 38.1 Å². The van der Waals surface area contributed by atoms with Crippen LogP contribution in [0.1, 0.15) is 34.8 Å². The van der Waals surface area contributed by atoms with Gasteiger partial charge in [-0.05, 0) is 35.7 Å². The molecule has 3 rings (SSSR count). The Balaban J connectivity index is 1.75. The first-order chi connectivity index (χ1) is 13.5. The number of hydrogen-bond donors (Lipinski definition) is 2. The van der Waals surface area contributed by atoms with Gasteiger partial charge in [-0.3, -0.25) is 9.59 Å². The highest BCUT2D eigenvalue weighted by molar-refractivity contribution is 7.10. The van der Waals surface area contributed by atoms with Crippen molar-refractivity contribution in [3.63, 3.8) is 0 Å². The van der Waals surface area contributed by atoms with Gasteiger partial charge in [-0.2, -0.15) is 0 Å². The van der Waals surface area contributed by atoms with Crippen molar-refractivity contribution in [2.75, 3.05) is 6.54 Å². The maximum absolute atomic E-state index is 12.8. The fourth-order valence-corrected chi connectivity index (χ4v) is 3.46. The molecule has 0 aliphatic rings. The maximum Gasteiger partial charge on any atom is 0.267 e. The summed E-state index contributed by atoms with van der Waals surface area (Å²) in [5, 5.41) is 7.63. The van der Waals surface area contributed by atoms with E-state index in [4.69, 9.17) is 4.42 Å². The van der Waals surface area contributed by atoms with E-state index in [0.29, 0.717) is 17.9 Å². The number of nitrogens with one attached hydrogen (secondary N) is 2. The topological polar surface area (TPSA) is 71.3 Å². The van der Waals surface area contributed by atoms with Gasteiger partial charge in [-0.25, -0.2) is 0 Å². The Kier molecular flexibility index (Phi) is 6.11. The Morgan fingerprint density at radius 3 is 2.50 bits per heavy atom. The highest BCUT2D eigenvalue weighted by Gasteiger charge is 2.24. The van der Waals surface area contributed by atoms with Crippen molar-refractivity contribution in [1.29, 1.82) is 0 Å². The van der Waals surface area contributed by atoms with E-state index in [1.807, 2.05) is 23.6 Å². The Morgan fingerprint density at radius 2 is 1.86 bits per heavy atom. The number of thiophene rings is 1. The molecule has 0 unspecified atom stereocenters.